The molecule has 2 aromatic heterocycles. The lowest BCUT2D eigenvalue weighted by Crippen LogP contribution is -2.33. The van der Waals surface area contributed by atoms with Crippen LogP contribution in [0.1, 0.15) is 55.3 Å². The summed E-state index contributed by atoms with van der Waals surface area (Å²) >= 11 is 12.7. The Kier molecular flexibility index (Phi) is 5.80. The predicted molar refractivity (Wildman–Crippen MR) is 111 cm³/mol. The number of hydrogen-bond donors (Lipinski definition) is 1. The first-order valence-corrected chi connectivity index (χ1v) is 10.3. The van der Waals surface area contributed by atoms with Crippen LogP contribution in [0.25, 0.3) is 5.69 Å². The molecule has 0 aliphatic heterocycles. The Morgan fingerprint density at radius 1 is 1.13 bits per heavy atom. The van der Waals surface area contributed by atoms with Gasteiger partial charge in [0.2, 0.25) is 11.6 Å². The minimum absolute atomic E-state index is 0.0274. The quantitative estimate of drug-likeness (QED) is 0.626. The summed E-state index contributed by atoms with van der Waals surface area (Å²) in [6, 6.07) is 4.45. The molecule has 0 amide bonds. The van der Waals surface area contributed by atoms with Gasteiger partial charge in [0.1, 0.15) is 6.07 Å². The van der Waals surface area contributed by atoms with Crippen LogP contribution in [0, 0.1) is 11.3 Å². The normalized spacial score (nSPS) is 14.5. The molecule has 1 aromatic carbocycles. The van der Waals surface area contributed by atoms with Crippen LogP contribution in [0.3, 0.4) is 0 Å². The average molecular weight is 463 g/mol. The van der Waals surface area contributed by atoms with Gasteiger partial charge in [0.25, 0.3) is 5.56 Å². The molecule has 31 heavy (non-hydrogen) atoms. The van der Waals surface area contributed by atoms with Crippen LogP contribution in [-0.4, -0.2) is 24.5 Å². The van der Waals surface area contributed by atoms with E-state index >= 15 is 0 Å². The molecule has 1 aliphatic rings. The molecule has 0 saturated heterocycles. The van der Waals surface area contributed by atoms with E-state index in [0.717, 1.165) is 36.8 Å². The fraction of sp³-hybridized carbons (Fsp3) is 0.368. The first kappa shape index (κ1) is 21.1. The highest BCUT2D eigenvalue weighted by molar-refractivity contribution is 6.36. The van der Waals surface area contributed by atoms with E-state index in [1.165, 1.54) is 16.8 Å². The topological polar surface area (TPSA) is 140 Å². The number of rotatable bonds is 4. The van der Waals surface area contributed by atoms with E-state index in [0.29, 0.717) is 5.56 Å². The van der Waals surface area contributed by atoms with E-state index in [2.05, 4.69) is 10.2 Å². The van der Waals surface area contributed by atoms with Crippen LogP contribution in [0.2, 0.25) is 10.0 Å². The van der Waals surface area contributed by atoms with E-state index in [4.69, 9.17) is 32.9 Å². The van der Waals surface area contributed by atoms with Gasteiger partial charge < -0.3 is 4.42 Å². The molecule has 1 fully saturated rings. The van der Waals surface area contributed by atoms with E-state index in [1.807, 2.05) is 4.98 Å². The average Bonchev–Trinajstić information content (AvgIpc) is 3.11. The second-order valence-electron chi connectivity index (χ2n) is 7.19. The maximum atomic E-state index is 12.2. The Morgan fingerprint density at radius 2 is 1.81 bits per heavy atom. The Labute approximate surface area is 184 Å². The Morgan fingerprint density at radius 3 is 2.45 bits per heavy atom. The molecule has 160 valence electrons. The second-order valence-corrected chi connectivity index (χ2v) is 8.01. The zero-order valence-corrected chi connectivity index (χ0v) is 17.6. The Hall–Kier alpha value is -3.16. The van der Waals surface area contributed by atoms with Crippen LogP contribution < -0.4 is 17.0 Å². The molecule has 12 heteroatoms. The molecule has 0 radical (unpaired) electrons. The highest BCUT2D eigenvalue weighted by Gasteiger charge is 2.22. The zero-order valence-electron chi connectivity index (χ0n) is 16.1. The lowest BCUT2D eigenvalue weighted by Gasteiger charge is -2.19. The molecule has 2 heterocycles. The van der Waals surface area contributed by atoms with Crippen molar-refractivity contribution in [3.05, 3.63) is 70.7 Å². The Balaban J connectivity index is 1.67. The van der Waals surface area contributed by atoms with Crippen LogP contribution in [0.5, 0.6) is 0 Å². The van der Waals surface area contributed by atoms with E-state index < -0.39 is 22.7 Å². The monoisotopic (exact) mass is 462 g/mol. The number of nitrogens with one attached hydrogen (secondary N) is 1. The van der Waals surface area contributed by atoms with Crippen molar-refractivity contribution in [2.24, 2.45) is 0 Å². The van der Waals surface area contributed by atoms with Gasteiger partial charge >= 0.3 is 11.4 Å². The molecule has 1 aliphatic carbocycles. The van der Waals surface area contributed by atoms with E-state index in [1.54, 1.807) is 6.07 Å². The number of nitriles is 1. The van der Waals surface area contributed by atoms with Gasteiger partial charge in [-0.1, -0.05) is 42.5 Å². The number of aromatic amines is 1. The van der Waals surface area contributed by atoms with Gasteiger partial charge in [-0.05, 0) is 30.5 Å². The van der Waals surface area contributed by atoms with E-state index in [-0.39, 0.29) is 34.1 Å². The number of hydrogen-bond acceptors (Lipinski definition) is 7. The fourth-order valence-corrected chi connectivity index (χ4v) is 4.25. The summed E-state index contributed by atoms with van der Waals surface area (Å²) in [6.45, 7) is 0. The molecule has 10 nitrogen and oxygen atoms in total. The summed E-state index contributed by atoms with van der Waals surface area (Å²) in [5.74, 6) is -0.336. The fourth-order valence-electron chi connectivity index (χ4n) is 3.64. The van der Waals surface area contributed by atoms with Crippen molar-refractivity contribution in [1.29, 1.82) is 5.26 Å². The van der Waals surface area contributed by atoms with Crippen molar-refractivity contribution in [2.75, 3.05) is 0 Å². The lowest BCUT2D eigenvalue weighted by molar-refractivity contribution is 0.310. The molecule has 1 N–H and O–H groups in total. The third kappa shape index (κ3) is 4.19. The van der Waals surface area contributed by atoms with Crippen LogP contribution in [0.4, 0.5) is 0 Å². The van der Waals surface area contributed by atoms with Gasteiger partial charge in [0.05, 0.1) is 18.2 Å². The number of H-pyrrole nitrogens is 1. The van der Waals surface area contributed by atoms with Gasteiger partial charge in [-0.25, -0.2) is 9.59 Å². The van der Waals surface area contributed by atoms with Crippen molar-refractivity contribution >= 4 is 23.2 Å². The highest BCUT2D eigenvalue weighted by Crippen LogP contribution is 2.30. The molecule has 4 rings (SSSR count). The number of halogens is 2. The minimum atomic E-state index is -0.888. The third-order valence-electron chi connectivity index (χ3n) is 5.16. The van der Waals surface area contributed by atoms with E-state index in [9.17, 15) is 14.4 Å². The van der Waals surface area contributed by atoms with Gasteiger partial charge in [0, 0.05) is 10.0 Å². The standard InChI is InChI=1S/C19H16Cl2N6O4/c20-13-6-11(26-18(29)23-17(28)15(9-22)24-26)7-14(21)12(13)8-16-25-27(19(30)31-16)10-4-2-1-3-5-10/h6-7,10H,1-5,8H2,(H,23,28,29). The minimum Gasteiger partial charge on any atom is -0.392 e. The van der Waals surface area contributed by atoms with Crippen LogP contribution in [-0.2, 0) is 6.42 Å². The highest BCUT2D eigenvalue weighted by atomic mass is 35.5. The molecular weight excluding hydrogens is 447 g/mol. The molecule has 3 aromatic rings. The first-order chi connectivity index (χ1) is 14.9. The molecule has 0 bridgehead atoms. The maximum absolute atomic E-state index is 12.2. The van der Waals surface area contributed by atoms with Crippen LogP contribution >= 0.6 is 23.2 Å². The number of aromatic nitrogens is 5. The summed E-state index contributed by atoms with van der Waals surface area (Å²) in [6.07, 6.45) is 5.08. The second kappa shape index (κ2) is 8.53. The summed E-state index contributed by atoms with van der Waals surface area (Å²) < 4.78 is 7.50. The molecular formula is C19H16Cl2N6O4. The molecule has 0 spiro atoms. The largest absolute Gasteiger partial charge is 0.437 e. The van der Waals surface area contributed by atoms with Crippen molar-refractivity contribution in [2.45, 2.75) is 44.6 Å². The summed E-state index contributed by atoms with van der Waals surface area (Å²) in [5, 5.41) is 17.4. The SMILES string of the molecule is N#Cc1nn(-c2cc(Cl)c(Cc3nn(C4CCCCC4)c(=O)o3)c(Cl)c2)c(=O)[nH]c1=O. The summed E-state index contributed by atoms with van der Waals surface area (Å²) in [5.41, 5.74) is -1.61. The lowest BCUT2D eigenvalue weighted by atomic mass is 9.96. The van der Waals surface area contributed by atoms with Gasteiger partial charge in [-0.3, -0.25) is 9.78 Å². The van der Waals surface area contributed by atoms with Crippen molar-refractivity contribution in [1.82, 2.24) is 24.5 Å². The Bertz CT molecular complexity index is 1330. The molecule has 0 unspecified atom stereocenters. The number of benzene rings is 1. The summed E-state index contributed by atoms with van der Waals surface area (Å²) in [4.78, 5) is 37.9. The zero-order chi connectivity index (χ0) is 22.1. The number of nitrogens with zero attached hydrogens (tertiary/aromatic N) is 5. The maximum Gasteiger partial charge on any atom is 0.437 e. The van der Waals surface area contributed by atoms with Gasteiger partial charge in [-0.15, -0.1) is 10.2 Å². The van der Waals surface area contributed by atoms with Gasteiger partial charge in [0.15, 0.2) is 0 Å². The van der Waals surface area contributed by atoms with Gasteiger partial charge in [-0.2, -0.15) is 14.6 Å². The molecule has 1 saturated carbocycles. The molecule has 0 atom stereocenters. The third-order valence-corrected chi connectivity index (χ3v) is 5.84. The van der Waals surface area contributed by atoms with Crippen molar-refractivity contribution in [3.8, 4) is 11.8 Å². The van der Waals surface area contributed by atoms with Crippen molar-refractivity contribution in [3.63, 3.8) is 0 Å². The first-order valence-electron chi connectivity index (χ1n) is 9.58. The smallest absolute Gasteiger partial charge is 0.392 e. The summed E-state index contributed by atoms with van der Waals surface area (Å²) in [7, 11) is 0. The van der Waals surface area contributed by atoms with Crippen LogP contribution in [0.15, 0.2) is 30.9 Å². The predicted octanol–water partition coefficient (Wildman–Crippen LogP) is 2.34. The van der Waals surface area contributed by atoms with Crippen molar-refractivity contribution < 1.29 is 4.42 Å².